The molecule has 1 saturated heterocycles. The van der Waals surface area contributed by atoms with Crippen molar-refractivity contribution in [3.05, 3.63) is 41.6 Å². The number of rotatable bonds is 6. The number of aryl methyl sites for hydroxylation is 1. The molecule has 0 saturated carbocycles. The Bertz CT molecular complexity index is 756. The minimum absolute atomic E-state index is 0.0560. The lowest BCUT2D eigenvalue weighted by Crippen LogP contribution is -2.43. The molecule has 0 bridgehead atoms. The largest absolute Gasteiger partial charge is 0.493 e. The summed E-state index contributed by atoms with van der Waals surface area (Å²) in [7, 11) is 1.60. The average molecular weight is 358 g/mol. The standard InChI is InChI=1S/C20H26N2O4/c1-4-15-7-5-6-10-22(15)20(23)16-12-26-19(21-16)13-25-17-9-8-14(2)11-18(17)24-3/h8-9,11-12,15H,4-7,10,13H2,1-3H3/t15-/m1/s1. The van der Waals surface area contributed by atoms with Crippen LogP contribution < -0.4 is 9.47 Å². The van der Waals surface area contributed by atoms with Crippen molar-refractivity contribution in [2.75, 3.05) is 13.7 Å². The fourth-order valence-electron chi connectivity index (χ4n) is 3.35. The summed E-state index contributed by atoms with van der Waals surface area (Å²) in [5.41, 5.74) is 1.44. The van der Waals surface area contributed by atoms with E-state index in [-0.39, 0.29) is 12.5 Å². The molecule has 26 heavy (non-hydrogen) atoms. The molecule has 1 atom stereocenters. The number of methoxy groups -OCH3 is 1. The number of ether oxygens (including phenoxy) is 2. The quantitative estimate of drug-likeness (QED) is 0.781. The summed E-state index contributed by atoms with van der Waals surface area (Å²) in [6, 6.07) is 6.00. The predicted molar refractivity (Wildman–Crippen MR) is 97.5 cm³/mol. The zero-order chi connectivity index (χ0) is 18.5. The Balaban J connectivity index is 1.65. The first-order valence-corrected chi connectivity index (χ1v) is 9.15. The van der Waals surface area contributed by atoms with Crippen LogP contribution in [0.2, 0.25) is 0 Å². The fraction of sp³-hybridized carbons (Fsp3) is 0.500. The number of amides is 1. The van der Waals surface area contributed by atoms with Gasteiger partial charge in [-0.2, -0.15) is 0 Å². The van der Waals surface area contributed by atoms with E-state index in [0.29, 0.717) is 29.1 Å². The maximum Gasteiger partial charge on any atom is 0.276 e. The Morgan fingerprint density at radius 1 is 1.35 bits per heavy atom. The van der Waals surface area contributed by atoms with Gasteiger partial charge in [0.2, 0.25) is 5.89 Å². The van der Waals surface area contributed by atoms with Crippen LogP contribution in [0.5, 0.6) is 11.5 Å². The van der Waals surface area contributed by atoms with Gasteiger partial charge in [-0.05, 0) is 50.3 Å². The summed E-state index contributed by atoms with van der Waals surface area (Å²) in [6.45, 7) is 5.04. The van der Waals surface area contributed by atoms with Crippen LogP contribution in [0.4, 0.5) is 0 Å². The van der Waals surface area contributed by atoms with Crippen molar-refractivity contribution in [2.45, 2.75) is 52.2 Å². The third kappa shape index (κ3) is 4.00. The highest BCUT2D eigenvalue weighted by Crippen LogP contribution is 2.28. The molecule has 1 aromatic heterocycles. The van der Waals surface area contributed by atoms with Gasteiger partial charge in [-0.25, -0.2) is 4.98 Å². The predicted octanol–water partition coefficient (Wildman–Crippen LogP) is 3.98. The minimum Gasteiger partial charge on any atom is -0.493 e. The molecule has 0 N–H and O–H groups in total. The number of aromatic nitrogens is 1. The van der Waals surface area contributed by atoms with Crippen LogP contribution in [0.3, 0.4) is 0 Å². The first-order chi connectivity index (χ1) is 12.6. The van der Waals surface area contributed by atoms with Gasteiger partial charge >= 0.3 is 0 Å². The van der Waals surface area contributed by atoms with Crippen molar-refractivity contribution < 1.29 is 18.7 Å². The maximum atomic E-state index is 12.7. The van der Waals surface area contributed by atoms with Gasteiger partial charge in [0.05, 0.1) is 7.11 Å². The molecule has 6 nitrogen and oxygen atoms in total. The summed E-state index contributed by atoms with van der Waals surface area (Å²) in [6.07, 6.45) is 5.67. The van der Waals surface area contributed by atoms with E-state index in [0.717, 1.165) is 31.4 Å². The molecule has 3 rings (SSSR count). The Kier molecular flexibility index (Phi) is 5.81. The summed E-state index contributed by atoms with van der Waals surface area (Å²) < 4.78 is 16.5. The Hall–Kier alpha value is -2.50. The SMILES string of the molecule is CC[C@@H]1CCCCN1C(=O)c1coc(COc2ccc(C)cc2OC)n1. The molecule has 140 valence electrons. The van der Waals surface area contributed by atoms with Crippen LogP contribution >= 0.6 is 0 Å². The van der Waals surface area contributed by atoms with Gasteiger partial charge in [0, 0.05) is 12.6 Å². The molecule has 0 aliphatic carbocycles. The minimum atomic E-state index is -0.0560. The molecule has 1 aliphatic heterocycles. The molecular weight excluding hydrogens is 332 g/mol. The number of hydrogen-bond donors (Lipinski definition) is 0. The highest BCUT2D eigenvalue weighted by Gasteiger charge is 2.28. The summed E-state index contributed by atoms with van der Waals surface area (Å²) in [5.74, 6) is 1.60. The van der Waals surface area contributed by atoms with Crippen LogP contribution in [-0.4, -0.2) is 35.5 Å². The molecule has 0 radical (unpaired) electrons. The molecular formula is C20H26N2O4. The van der Waals surface area contributed by atoms with Crippen LogP contribution in [0.15, 0.2) is 28.9 Å². The van der Waals surface area contributed by atoms with Gasteiger partial charge in [0.15, 0.2) is 23.8 Å². The third-order valence-electron chi connectivity index (χ3n) is 4.80. The van der Waals surface area contributed by atoms with Gasteiger partial charge in [0.1, 0.15) is 6.26 Å². The molecule has 1 fully saturated rings. The van der Waals surface area contributed by atoms with Crippen molar-refractivity contribution in [1.29, 1.82) is 0 Å². The lowest BCUT2D eigenvalue weighted by atomic mass is 10.00. The monoisotopic (exact) mass is 358 g/mol. The van der Waals surface area contributed by atoms with Gasteiger partial charge in [-0.1, -0.05) is 13.0 Å². The lowest BCUT2D eigenvalue weighted by molar-refractivity contribution is 0.0602. The van der Waals surface area contributed by atoms with E-state index in [1.807, 2.05) is 30.0 Å². The number of carbonyl (C=O) groups is 1. The number of carbonyl (C=O) groups excluding carboxylic acids is 1. The molecule has 0 spiro atoms. The van der Waals surface area contributed by atoms with Crippen LogP contribution in [0.1, 0.15) is 54.5 Å². The van der Waals surface area contributed by atoms with E-state index in [4.69, 9.17) is 13.9 Å². The molecule has 1 aromatic carbocycles. The van der Waals surface area contributed by atoms with E-state index >= 15 is 0 Å². The number of piperidine rings is 1. The highest BCUT2D eigenvalue weighted by molar-refractivity contribution is 5.92. The van der Waals surface area contributed by atoms with Gasteiger partial charge in [-0.3, -0.25) is 4.79 Å². The summed E-state index contributed by atoms with van der Waals surface area (Å²) in [5, 5.41) is 0. The molecule has 2 aromatic rings. The first kappa shape index (κ1) is 18.3. The molecule has 1 amide bonds. The second kappa shape index (κ2) is 8.25. The van der Waals surface area contributed by atoms with Crippen molar-refractivity contribution in [3.63, 3.8) is 0 Å². The smallest absolute Gasteiger partial charge is 0.276 e. The van der Waals surface area contributed by atoms with E-state index in [2.05, 4.69) is 11.9 Å². The van der Waals surface area contributed by atoms with Gasteiger partial charge in [-0.15, -0.1) is 0 Å². The van der Waals surface area contributed by atoms with Crippen LogP contribution in [-0.2, 0) is 6.61 Å². The van der Waals surface area contributed by atoms with Crippen molar-refractivity contribution in [3.8, 4) is 11.5 Å². The zero-order valence-corrected chi connectivity index (χ0v) is 15.7. The van der Waals surface area contributed by atoms with E-state index < -0.39 is 0 Å². The van der Waals surface area contributed by atoms with Crippen LogP contribution in [0, 0.1) is 6.92 Å². The number of nitrogens with zero attached hydrogens (tertiary/aromatic N) is 2. The number of hydrogen-bond acceptors (Lipinski definition) is 5. The van der Waals surface area contributed by atoms with E-state index in [1.54, 1.807) is 7.11 Å². The first-order valence-electron chi connectivity index (χ1n) is 9.15. The summed E-state index contributed by atoms with van der Waals surface area (Å²) in [4.78, 5) is 19.0. The second-order valence-electron chi connectivity index (χ2n) is 6.63. The third-order valence-corrected chi connectivity index (χ3v) is 4.80. The van der Waals surface area contributed by atoms with Crippen molar-refractivity contribution in [2.24, 2.45) is 0 Å². The average Bonchev–Trinajstić information content (AvgIpc) is 3.15. The maximum absolute atomic E-state index is 12.7. The van der Waals surface area contributed by atoms with E-state index in [1.165, 1.54) is 12.7 Å². The molecule has 1 aliphatic rings. The highest BCUT2D eigenvalue weighted by atomic mass is 16.5. The Morgan fingerprint density at radius 2 is 2.19 bits per heavy atom. The Labute approximate surface area is 154 Å². The zero-order valence-electron chi connectivity index (χ0n) is 15.7. The van der Waals surface area contributed by atoms with Gasteiger partial charge in [0.25, 0.3) is 5.91 Å². The fourth-order valence-corrected chi connectivity index (χ4v) is 3.35. The topological polar surface area (TPSA) is 64.8 Å². The molecule has 2 heterocycles. The Morgan fingerprint density at radius 3 is 2.96 bits per heavy atom. The van der Waals surface area contributed by atoms with E-state index in [9.17, 15) is 4.79 Å². The normalized spacial score (nSPS) is 17.2. The molecule has 0 unspecified atom stereocenters. The van der Waals surface area contributed by atoms with Crippen LogP contribution in [0.25, 0.3) is 0 Å². The number of likely N-dealkylation sites (tertiary alicyclic amines) is 1. The summed E-state index contributed by atoms with van der Waals surface area (Å²) >= 11 is 0. The van der Waals surface area contributed by atoms with Gasteiger partial charge < -0.3 is 18.8 Å². The van der Waals surface area contributed by atoms with Crippen molar-refractivity contribution >= 4 is 5.91 Å². The lowest BCUT2D eigenvalue weighted by Gasteiger charge is -2.34. The number of oxazole rings is 1. The number of benzene rings is 1. The molecule has 6 heteroatoms. The van der Waals surface area contributed by atoms with Crippen molar-refractivity contribution in [1.82, 2.24) is 9.88 Å². The second-order valence-corrected chi connectivity index (χ2v) is 6.63.